The lowest BCUT2D eigenvalue weighted by molar-refractivity contribution is -0.132. The van der Waals surface area contributed by atoms with Crippen LogP contribution in [0.5, 0.6) is 11.5 Å². The highest BCUT2D eigenvalue weighted by Crippen LogP contribution is 2.24. The standard InChI is InChI=1S/C18H28N2O3/c1-19(2)13-15-6-5-9-20(15)18(21)8-7-14-10-16(22-3)12-17(11-14)23-4/h10-12,15H,5-9,13H2,1-4H3/t15-/m0/s1. The van der Waals surface area contributed by atoms with Gasteiger partial charge >= 0.3 is 0 Å². The van der Waals surface area contributed by atoms with Crippen molar-refractivity contribution in [3.8, 4) is 11.5 Å². The molecule has 23 heavy (non-hydrogen) atoms. The maximum absolute atomic E-state index is 12.6. The Morgan fingerprint density at radius 2 is 1.87 bits per heavy atom. The van der Waals surface area contributed by atoms with Gasteiger partial charge in [0.15, 0.2) is 0 Å². The van der Waals surface area contributed by atoms with Crippen molar-refractivity contribution in [2.45, 2.75) is 31.7 Å². The van der Waals surface area contributed by atoms with Crippen LogP contribution in [0.1, 0.15) is 24.8 Å². The van der Waals surface area contributed by atoms with Crippen LogP contribution < -0.4 is 9.47 Å². The Balaban J connectivity index is 1.96. The molecule has 0 bridgehead atoms. The van der Waals surface area contributed by atoms with E-state index < -0.39 is 0 Å². The Labute approximate surface area is 139 Å². The van der Waals surface area contributed by atoms with Gasteiger partial charge in [-0.2, -0.15) is 0 Å². The first-order chi connectivity index (χ1) is 11.0. The number of hydrogen-bond acceptors (Lipinski definition) is 4. The zero-order valence-corrected chi connectivity index (χ0v) is 14.7. The number of ether oxygens (including phenoxy) is 2. The number of rotatable bonds is 7. The van der Waals surface area contributed by atoms with Gasteiger partial charge in [0.1, 0.15) is 11.5 Å². The number of aryl methyl sites for hydroxylation is 1. The van der Waals surface area contributed by atoms with E-state index in [4.69, 9.17) is 9.47 Å². The van der Waals surface area contributed by atoms with Crippen LogP contribution in [0.15, 0.2) is 18.2 Å². The second-order valence-corrected chi connectivity index (χ2v) is 6.37. The second-order valence-electron chi connectivity index (χ2n) is 6.37. The number of likely N-dealkylation sites (tertiary alicyclic amines) is 1. The lowest BCUT2D eigenvalue weighted by Crippen LogP contribution is -2.41. The van der Waals surface area contributed by atoms with E-state index >= 15 is 0 Å². The van der Waals surface area contributed by atoms with Crippen LogP contribution >= 0.6 is 0 Å². The van der Waals surface area contributed by atoms with Gasteiger partial charge in [0.25, 0.3) is 0 Å². The molecule has 2 rings (SSSR count). The van der Waals surface area contributed by atoms with Gasteiger partial charge in [-0.3, -0.25) is 4.79 Å². The SMILES string of the molecule is COc1cc(CCC(=O)N2CCC[C@H]2CN(C)C)cc(OC)c1. The highest BCUT2D eigenvalue weighted by atomic mass is 16.5. The molecule has 1 atom stereocenters. The molecule has 5 nitrogen and oxygen atoms in total. The van der Waals surface area contributed by atoms with E-state index in [2.05, 4.69) is 23.9 Å². The maximum Gasteiger partial charge on any atom is 0.223 e. The van der Waals surface area contributed by atoms with Gasteiger partial charge in [-0.25, -0.2) is 0 Å². The fourth-order valence-electron chi connectivity index (χ4n) is 3.18. The molecule has 0 radical (unpaired) electrons. The second kappa shape index (κ2) is 8.20. The smallest absolute Gasteiger partial charge is 0.223 e. The van der Waals surface area contributed by atoms with Gasteiger partial charge < -0.3 is 19.3 Å². The third-order valence-electron chi connectivity index (χ3n) is 4.31. The highest BCUT2D eigenvalue weighted by molar-refractivity contribution is 5.77. The molecule has 0 N–H and O–H groups in total. The van der Waals surface area contributed by atoms with Gasteiger partial charge in [-0.05, 0) is 51.1 Å². The van der Waals surface area contributed by atoms with E-state index in [0.717, 1.165) is 43.0 Å². The summed E-state index contributed by atoms with van der Waals surface area (Å²) < 4.78 is 10.6. The Morgan fingerprint density at radius 1 is 1.22 bits per heavy atom. The Hall–Kier alpha value is -1.75. The summed E-state index contributed by atoms with van der Waals surface area (Å²) >= 11 is 0. The van der Waals surface area contributed by atoms with Crippen molar-refractivity contribution in [1.82, 2.24) is 9.80 Å². The number of methoxy groups -OCH3 is 2. The monoisotopic (exact) mass is 320 g/mol. The van der Waals surface area contributed by atoms with Gasteiger partial charge in [0.2, 0.25) is 5.91 Å². The molecular weight excluding hydrogens is 292 g/mol. The van der Waals surface area contributed by atoms with Crippen LogP contribution in [-0.2, 0) is 11.2 Å². The van der Waals surface area contributed by atoms with Gasteiger partial charge in [-0.1, -0.05) is 0 Å². The summed E-state index contributed by atoms with van der Waals surface area (Å²) in [5.74, 6) is 1.77. The van der Waals surface area contributed by atoms with Crippen molar-refractivity contribution < 1.29 is 14.3 Å². The fraction of sp³-hybridized carbons (Fsp3) is 0.611. The van der Waals surface area contributed by atoms with Crippen molar-refractivity contribution in [2.24, 2.45) is 0 Å². The molecule has 0 spiro atoms. The van der Waals surface area contributed by atoms with Crippen LogP contribution in [0.4, 0.5) is 0 Å². The predicted molar refractivity (Wildman–Crippen MR) is 91.2 cm³/mol. The number of carbonyl (C=O) groups is 1. The Bertz CT molecular complexity index is 509. The summed E-state index contributed by atoms with van der Waals surface area (Å²) in [5.41, 5.74) is 1.07. The summed E-state index contributed by atoms with van der Waals surface area (Å²) in [6, 6.07) is 6.14. The topological polar surface area (TPSA) is 42.0 Å². The highest BCUT2D eigenvalue weighted by Gasteiger charge is 2.28. The largest absolute Gasteiger partial charge is 0.497 e. The fourth-order valence-corrected chi connectivity index (χ4v) is 3.18. The first kappa shape index (κ1) is 17.6. The van der Waals surface area contributed by atoms with Crippen LogP contribution in [0.3, 0.4) is 0 Å². The number of nitrogens with zero attached hydrogens (tertiary/aromatic N) is 2. The van der Waals surface area contributed by atoms with E-state index in [1.807, 2.05) is 18.2 Å². The average molecular weight is 320 g/mol. The average Bonchev–Trinajstić information content (AvgIpc) is 2.99. The number of likely N-dealkylation sites (N-methyl/N-ethyl adjacent to an activating group) is 1. The number of carbonyl (C=O) groups excluding carboxylic acids is 1. The van der Waals surface area contributed by atoms with E-state index in [9.17, 15) is 4.79 Å². The molecule has 0 aliphatic carbocycles. The van der Waals surface area contributed by atoms with Crippen LogP contribution in [0.2, 0.25) is 0 Å². The molecule has 0 unspecified atom stereocenters. The van der Waals surface area contributed by atoms with Crippen molar-refractivity contribution in [2.75, 3.05) is 41.4 Å². The van der Waals surface area contributed by atoms with Crippen molar-refractivity contribution in [1.29, 1.82) is 0 Å². The minimum atomic E-state index is 0.246. The number of hydrogen-bond donors (Lipinski definition) is 0. The molecular formula is C18H28N2O3. The van der Waals surface area contributed by atoms with Crippen LogP contribution in [0.25, 0.3) is 0 Å². The third kappa shape index (κ3) is 4.86. The molecule has 1 aliphatic heterocycles. The summed E-state index contributed by atoms with van der Waals surface area (Å²) in [4.78, 5) is 16.8. The van der Waals surface area contributed by atoms with E-state index in [1.54, 1.807) is 14.2 Å². The lowest BCUT2D eigenvalue weighted by atomic mass is 10.1. The maximum atomic E-state index is 12.6. The zero-order chi connectivity index (χ0) is 16.8. The van der Waals surface area contributed by atoms with E-state index in [1.165, 1.54) is 0 Å². The first-order valence-corrected chi connectivity index (χ1v) is 8.19. The predicted octanol–water partition coefficient (Wildman–Crippen LogP) is 2.19. The first-order valence-electron chi connectivity index (χ1n) is 8.19. The molecule has 1 aromatic carbocycles. The summed E-state index contributed by atoms with van der Waals surface area (Å²) in [5, 5.41) is 0. The Morgan fingerprint density at radius 3 is 2.43 bits per heavy atom. The number of benzene rings is 1. The molecule has 5 heteroatoms. The molecule has 1 aromatic rings. The van der Waals surface area contributed by atoms with Crippen LogP contribution in [0, 0.1) is 0 Å². The van der Waals surface area contributed by atoms with Crippen molar-refractivity contribution in [3.05, 3.63) is 23.8 Å². The van der Waals surface area contributed by atoms with Crippen molar-refractivity contribution in [3.63, 3.8) is 0 Å². The van der Waals surface area contributed by atoms with Crippen molar-refractivity contribution >= 4 is 5.91 Å². The molecule has 1 heterocycles. The molecule has 1 aliphatic rings. The van der Waals surface area contributed by atoms with Gasteiger partial charge in [-0.15, -0.1) is 0 Å². The normalized spacial score (nSPS) is 17.6. The van der Waals surface area contributed by atoms with E-state index in [0.29, 0.717) is 18.9 Å². The number of amides is 1. The summed E-state index contributed by atoms with van der Waals surface area (Å²) in [6.45, 7) is 1.83. The molecule has 1 amide bonds. The van der Waals surface area contributed by atoms with Gasteiger partial charge in [0, 0.05) is 31.6 Å². The molecule has 128 valence electrons. The lowest BCUT2D eigenvalue weighted by Gasteiger charge is -2.27. The minimum absolute atomic E-state index is 0.246. The Kier molecular flexibility index (Phi) is 6.28. The molecule has 0 saturated carbocycles. The summed E-state index contributed by atoms with van der Waals surface area (Å²) in [6.07, 6.45) is 3.45. The quantitative estimate of drug-likeness (QED) is 0.772. The molecule has 1 fully saturated rings. The third-order valence-corrected chi connectivity index (χ3v) is 4.31. The van der Waals surface area contributed by atoms with Crippen LogP contribution in [-0.4, -0.2) is 63.2 Å². The minimum Gasteiger partial charge on any atom is -0.497 e. The molecule has 1 saturated heterocycles. The molecule has 0 aromatic heterocycles. The van der Waals surface area contributed by atoms with Gasteiger partial charge in [0.05, 0.1) is 14.2 Å². The zero-order valence-electron chi connectivity index (χ0n) is 14.7. The summed E-state index contributed by atoms with van der Waals surface area (Å²) in [7, 11) is 7.40. The van der Waals surface area contributed by atoms with E-state index in [-0.39, 0.29) is 5.91 Å².